The molecule has 2 N–H and O–H groups in total. The lowest BCUT2D eigenvalue weighted by molar-refractivity contribution is 0.0936. The van der Waals surface area contributed by atoms with Gasteiger partial charge in [-0.05, 0) is 31.5 Å². The summed E-state index contributed by atoms with van der Waals surface area (Å²) in [6.45, 7) is 4.50. The van der Waals surface area contributed by atoms with Crippen molar-refractivity contribution in [3.8, 4) is 5.75 Å². The highest BCUT2D eigenvalue weighted by atomic mass is 16.5. The summed E-state index contributed by atoms with van der Waals surface area (Å²) in [7, 11) is 0. The lowest BCUT2D eigenvalue weighted by Crippen LogP contribution is -2.36. The zero-order valence-corrected chi connectivity index (χ0v) is 10.7. The summed E-state index contributed by atoms with van der Waals surface area (Å²) in [6, 6.07) is 7.64. The molecule has 0 aromatic heterocycles. The van der Waals surface area contributed by atoms with E-state index in [4.69, 9.17) is 4.74 Å². The van der Waals surface area contributed by atoms with Gasteiger partial charge in [-0.1, -0.05) is 19.1 Å². The molecule has 1 amide bonds. The molecule has 4 nitrogen and oxygen atoms in total. The minimum atomic E-state index is -0.0459. The predicted octanol–water partition coefficient (Wildman–Crippen LogP) is 1.57. The Labute approximate surface area is 108 Å². The Morgan fingerprint density at radius 2 is 2.33 bits per heavy atom. The van der Waals surface area contributed by atoms with E-state index in [2.05, 4.69) is 10.6 Å². The van der Waals surface area contributed by atoms with E-state index < -0.39 is 0 Å². The molecule has 0 spiro atoms. The van der Waals surface area contributed by atoms with Crippen molar-refractivity contribution in [2.24, 2.45) is 0 Å². The van der Waals surface area contributed by atoms with E-state index >= 15 is 0 Å². The van der Waals surface area contributed by atoms with Crippen LogP contribution in [0.4, 0.5) is 0 Å². The normalized spacial score (nSPS) is 18.6. The summed E-state index contributed by atoms with van der Waals surface area (Å²) < 4.78 is 5.60. The van der Waals surface area contributed by atoms with Gasteiger partial charge in [-0.25, -0.2) is 0 Å². The van der Waals surface area contributed by atoms with Crippen LogP contribution in [0.25, 0.3) is 0 Å². The number of ether oxygens (including phenoxy) is 1. The molecule has 0 bridgehead atoms. The number of carbonyl (C=O) groups excluding carboxylic acids is 1. The van der Waals surface area contributed by atoms with E-state index in [9.17, 15) is 4.79 Å². The SMILES string of the molecule is CCCOc1ccccc1C(=O)NC1CCNC1. The van der Waals surface area contributed by atoms with Gasteiger partial charge in [-0.3, -0.25) is 4.79 Å². The Morgan fingerprint density at radius 3 is 3.06 bits per heavy atom. The highest BCUT2D eigenvalue weighted by Gasteiger charge is 2.19. The lowest BCUT2D eigenvalue weighted by atomic mass is 10.1. The molecule has 1 fully saturated rings. The number of carbonyl (C=O) groups is 1. The molecule has 18 heavy (non-hydrogen) atoms. The van der Waals surface area contributed by atoms with Crippen LogP contribution in [0, 0.1) is 0 Å². The third-order valence-corrected chi connectivity index (χ3v) is 2.99. The maximum Gasteiger partial charge on any atom is 0.255 e. The van der Waals surface area contributed by atoms with Gasteiger partial charge in [-0.2, -0.15) is 0 Å². The molecule has 1 aromatic rings. The number of hydrogen-bond donors (Lipinski definition) is 2. The largest absolute Gasteiger partial charge is 0.493 e. The zero-order chi connectivity index (χ0) is 12.8. The minimum Gasteiger partial charge on any atom is -0.493 e. The van der Waals surface area contributed by atoms with Gasteiger partial charge in [0.2, 0.25) is 0 Å². The number of nitrogens with one attached hydrogen (secondary N) is 2. The van der Waals surface area contributed by atoms with Crippen LogP contribution < -0.4 is 15.4 Å². The molecule has 1 aromatic carbocycles. The van der Waals surface area contributed by atoms with Gasteiger partial charge in [0.25, 0.3) is 5.91 Å². The van der Waals surface area contributed by atoms with E-state index in [1.54, 1.807) is 0 Å². The highest BCUT2D eigenvalue weighted by molar-refractivity contribution is 5.97. The van der Waals surface area contributed by atoms with E-state index in [1.807, 2.05) is 31.2 Å². The summed E-state index contributed by atoms with van der Waals surface area (Å²) in [5.74, 6) is 0.623. The van der Waals surface area contributed by atoms with E-state index in [-0.39, 0.29) is 11.9 Å². The number of hydrogen-bond acceptors (Lipinski definition) is 3. The molecule has 0 radical (unpaired) electrons. The van der Waals surface area contributed by atoms with E-state index in [1.165, 1.54) is 0 Å². The molecule has 2 rings (SSSR count). The maximum absolute atomic E-state index is 12.2. The molecule has 0 saturated carbocycles. The van der Waals surface area contributed by atoms with Gasteiger partial charge < -0.3 is 15.4 Å². The van der Waals surface area contributed by atoms with Crippen LogP contribution in [0.1, 0.15) is 30.1 Å². The first-order valence-corrected chi connectivity index (χ1v) is 6.54. The average molecular weight is 248 g/mol. The third kappa shape index (κ3) is 3.23. The Balaban J connectivity index is 2.03. The monoisotopic (exact) mass is 248 g/mol. The van der Waals surface area contributed by atoms with Crippen molar-refractivity contribution in [3.05, 3.63) is 29.8 Å². The van der Waals surface area contributed by atoms with Crippen molar-refractivity contribution in [2.75, 3.05) is 19.7 Å². The van der Waals surface area contributed by atoms with Crippen LogP contribution in [0.15, 0.2) is 24.3 Å². The Morgan fingerprint density at radius 1 is 1.50 bits per heavy atom. The smallest absolute Gasteiger partial charge is 0.255 e. The van der Waals surface area contributed by atoms with Gasteiger partial charge in [0, 0.05) is 12.6 Å². The fraction of sp³-hybridized carbons (Fsp3) is 0.500. The van der Waals surface area contributed by atoms with E-state index in [0.717, 1.165) is 25.9 Å². The van der Waals surface area contributed by atoms with Crippen molar-refractivity contribution >= 4 is 5.91 Å². The zero-order valence-electron chi connectivity index (χ0n) is 10.7. The van der Waals surface area contributed by atoms with Crippen LogP contribution in [0.3, 0.4) is 0 Å². The van der Waals surface area contributed by atoms with Crippen molar-refractivity contribution in [1.29, 1.82) is 0 Å². The average Bonchev–Trinajstić information content (AvgIpc) is 2.89. The molecular weight excluding hydrogens is 228 g/mol. The number of amides is 1. The molecule has 1 heterocycles. The van der Waals surface area contributed by atoms with Gasteiger partial charge in [0.1, 0.15) is 5.75 Å². The fourth-order valence-corrected chi connectivity index (χ4v) is 2.03. The van der Waals surface area contributed by atoms with Crippen molar-refractivity contribution in [2.45, 2.75) is 25.8 Å². The molecule has 1 atom stereocenters. The maximum atomic E-state index is 12.2. The molecule has 1 aliphatic rings. The van der Waals surface area contributed by atoms with Gasteiger partial charge in [0.05, 0.1) is 12.2 Å². The minimum absolute atomic E-state index is 0.0459. The van der Waals surface area contributed by atoms with Gasteiger partial charge in [-0.15, -0.1) is 0 Å². The Hall–Kier alpha value is -1.55. The van der Waals surface area contributed by atoms with Crippen molar-refractivity contribution < 1.29 is 9.53 Å². The van der Waals surface area contributed by atoms with Crippen molar-refractivity contribution in [1.82, 2.24) is 10.6 Å². The molecule has 1 saturated heterocycles. The lowest BCUT2D eigenvalue weighted by Gasteiger charge is -2.14. The summed E-state index contributed by atoms with van der Waals surface area (Å²) in [5, 5.41) is 6.26. The quantitative estimate of drug-likeness (QED) is 0.831. The second kappa shape index (κ2) is 6.40. The van der Waals surface area contributed by atoms with Crippen LogP contribution in [0.5, 0.6) is 5.75 Å². The van der Waals surface area contributed by atoms with Gasteiger partial charge >= 0.3 is 0 Å². The van der Waals surface area contributed by atoms with Crippen LogP contribution in [0.2, 0.25) is 0 Å². The third-order valence-electron chi connectivity index (χ3n) is 2.99. The number of para-hydroxylation sites is 1. The van der Waals surface area contributed by atoms with Crippen LogP contribution in [-0.4, -0.2) is 31.6 Å². The molecule has 98 valence electrons. The van der Waals surface area contributed by atoms with Gasteiger partial charge in [0.15, 0.2) is 0 Å². The van der Waals surface area contributed by atoms with Crippen molar-refractivity contribution in [3.63, 3.8) is 0 Å². The highest BCUT2D eigenvalue weighted by Crippen LogP contribution is 2.18. The molecular formula is C14H20N2O2. The molecule has 4 heteroatoms. The number of rotatable bonds is 5. The summed E-state index contributed by atoms with van der Waals surface area (Å²) in [4.78, 5) is 12.2. The molecule has 1 aliphatic heterocycles. The summed E-state index contributed by atoms with van der Waals surface area (Å²) in [5.41, 5.74) is 0.623. The summed E-state index contributed by atoms with van der Waals surface area (Å²) >= 11 is 0. The molecule has 0 aliphatic carbocycles. The number of benzene rings is 1. The Bertz CT molecular complexity index is 401. The second-order valence-electron chi connectivity index (χ2n) is 4.51. The first-order valence-electron chi connectivity index (χ1n) is 6.54. The first kappa shape index (κ1) is 12.9. The van der Waals surface area contributed by atoms with Crippen LogP contribution in [-0.2, 0) is 0 Å². The van der Waals surface area contributed by atoms with Crippen LogP contribution >= 0.6 is 0 Å². The topological polar surface area (TPSA) is 50.4 Å². The first-order chi connectivity index (χ1) is 8.81. The summed E-state index contributed by atoms with van der Waals surface area (Å²) in [6.07, 6.45) is 1.92. The fourth-order valence-electron chi connectivity index (χ4n) is 2.03. The molecule has 1 unspecified atom stereocenters. The van der Waals surface area contributed by atoms with E-state index in [0.29, 0.717) is 17.9 Å². The second-order valence-corrected chi connectivity index (χ2v) is 4.51. The Kier molecular flexibility index (Phi) is 4.59. The predicted molar refractivity (Wildman–Crippen MR) is 71.0 cm³/mol. The standard InChI is InChI=1S/C14H20N2O2/c1-2-9-18-13-6-4-3-5-12(13)14(17)16-11-7-8-15-10-11/h3-6,11,15H,2,7-10H2,1H3,(H,16,17).